The van der Waals surface area contributed by atoms with E-state index in [9.17, 15) is 13.5 Å². The molecule has 0 aliphatic rings. The Bertz CT molecular complexity index is 414. The molecule has 0 unspecified atom stereocenters. The van der Waals surface area contributed by atoms with Crippen molar-refractivity contribution in [1.29, 1.82) is 0 Å². The second-order valence-electron chi connectivity index (χ2n) is 3.52. The zero-order valence-electron chi connectivity index (χ0n) is 7.86. The van der Waals surface area contributed by atoms with E-state index in [0.717, 1.165) is 0 Å². The Hall–Kier alpha value is -0.580. The van der Waals surface area contributed by atoms with E-state index in [1.165, 1.54) is 24.3 Å². The van der Waals surface area contributed by atoms with Gasteiger partial charge in [-0.1, -0.05) is 12.1 Å². The van der Waals surface area contributed by atoms with Crippen LogP contribution in [0, 0.1) is 0 Å². The van der Waals surface area contributed by atoms with Crippen LogP contribution in [0.25, 0.3) is 0 Å². The van der Waals surface area contributed by atoms with Crippen molar-refractivity contribution < 1.29 is 13.5 Å². The van der Waals surface area contributed by atoms with Gasteiger partial charge in [0.25, 0.3) is 9.05 Å². The number of halogens is 1. The smallest absolute Gasteiger partial charge is 0.261 e. The summed E-state index contributed by atoms with van der Waals surface area (Å²) in [7, 11) is 1.46. The molecule has 0 saturated heterocycles. The Balaban J connectivity index is 3.14. The SMILES string of the molecule is CC(C)(O)c1ccc(S(=O)(=O)Cl)cc1. The molecule has 0 aliphatic heterocycles. The van der Waals surface area contributed by atoms with Gasteiger partial charge in [0, 0.05) is 10.7 Å². The van der Waals surface area contributed by atoms with Crippen LogP contribution >= 0.6 is 10.7 Å². The Kier molecular flexibility index (Phi) is 2.90. The third-order valence-corrected chi connectivity index (χ3v) is 3.21. The van der Waals surface area contributed by atoms with Gasteiger partial charge in [-0.15, -0.1) is 0 Å². The fourth-order valence-electron chi connectivity index (χ4n) is 1.03. The first-order valence-corrected chi connectivity index (χ1v) is 6.30. The molecule has 0 heterocycles. The molecule has 0 spiro atoms. The molecule has 1 aromatic carbocycles. The second-order valence-corrected chi connectivity index (χ2v) is 6.09. The summed E-state index contributed by atoms with van der Waals surface area (Å²) in [6, 6.07) is 5.82. The maximum Gasteiger partial charge on any atom is 0.261 e. The molecule has 78 valence electrons. The topological polar surface area (TPSA) is 54.4 Å². The number of hydrogen-bond donors (Lipinski definition) is 1. The Labute approximate surface area is 87.8 Å². The van der Waals surface area contributed by atoms with Crippen LogP contribution in [0.2, 0.25) is 0 Å². The summed E-state index contributed by atoms with van der Waals surface area (Å²) < 4.78 is 21.8. The first-order valence-electron chi connectivity index (χ1n) is 3.99. The third-order valence-electron chi connectivity index (χ3n) is 1.84. The number of benzene rings is 1. The highest BCUT2D eigenvalue weighted by atomic mass is 35.7. The minimum absolute atomic E-state index is 0.0344. The molecule has 1 rings (SSSR count). The van der Waals surface area contributed by atoms with Crippen molar-refractivity contribution in [1.82, 2.24) is 0 Å². The average molecular weight is 235 g/mol. The molecule has 0 aliphatic carbocycles. The maximum atomic E-state index is 10.9. The molecular weight excluding hydrogens is 224 g/mol. The van der Waals surface area contributed by atoms with Gasteiger partial charge in [-0.3, -0.25) is 0 Å². The highest BCUT2D eigenvalue weighted by Gasteiger charge is 2.17. The third kappa shape index (κ3) is 2.70. The van der Waals surface area contributed by atoms with E-state index in [1.54, 1.807) is 13.8 Å². The predicted octanol–water partition coefficient (Wildman–Crippen LogP) is 1.84. The minimum atomic E-state index is -3.67. The number of rotatable bonds is 2. The number of hydrogen-bond acceptors (Lipinski definition) is 3. The lowest BCUT2D eigenvalue weighted by molar-refractivity contribution is 0.0785. The van der Waals surface area contributed by atoms with Crippen LogP contribution in [0.1, 0.15) is 19.4 Å². The average Bonchev–Trinajstić information content (AvgIpc) is 2.01. The van der Waals surface area contributed by atoms with Crippen molar-refractivity contribution in [3.63, 3.8) is 0 Å². The van der Waals surface area contributed by atoms with Crippen molar-refractivity contribution in [2.24, 2.45) is 0 Å². The quantitative estimate of drug-likeness (QED) is 0.795. The van der Waals surface area contributed by atoms with Crippen molar-refractivity contribution >= 4 is 19.7 Å². The summed E-state index contributed by atoms with van der Waals surface area (Å²) >= 11 is 0. The highest BCUT2D eigenvalue weighted by Crippen LogP contribution is 2.22. The molecule has 14 heavy (non-hydrogen) atoms. The molecule has 3 nitrogen and oxygen atoms in total. The van der Waals surface area contributed by atoms with Crippen LogP contribution in [-0.4, -0.2) is 13.5 Å². The van der Waals surface area contributed by atoms with Gasteiger partial charge in [0.1, 0.15) is 0 Å². The van der Waals surface area contributed by atoms with E-state index >= 15 is 0 Å². The fraction of sp³-hybridized carbons (Fsp3) is 0.333. The molecule has 0 fully saturated rings. The van der Waals surface area contributed by atoms with Crippen LogP contribution in [-0.2, 0) is 14.7 Å². The zero-order valence-corrected chi connectivity index (χ0v) is 9.43. The summed E-state index contributed by atoms with van der Waals surface area (Å²) in [4.78, 5) is 0.0344. The predicted molar refractivity (Wildman–Crippen MR) is 54.7 cm³/mol. The largest absolute Gasteiger partial charge is 0.386 e. The van der Waals surface area contributed by atoms with Crippen LogP contribution in [0.5, 0.6) is 0 Å². The van der Waals surface area contributed by atoms with E-state index in [1.807, 2.05) is 0 Å². The molecule has 0 aromatic heterocycles. The van der Waals surface area contributed by atoms with E-state index in [4.69, 9.17) is 10.7 Å². The van der Waals surface area contributed by atoms with Crippen molar-refractivity contribution in [2.45, 2.75) is 24.3 Å². The fourth-order valence-corrected chi connectivity index (χ4v) is 1.80. The number of aliphatic hydroxyl groups is 1. The van der Waals surface area contributed by atoms with Gasteiger partial charge in [0.2, 0.25) is 0 Å². The maximum absolute atomic E-state index is 10.9. The summed E-state index contributed by atoms with van der Waals surface area (Å²) in [5.41, 5.74) is -0.337. The van der Waals surface area contributed by atoms with E-state index < -0.39 is 14.7 Å². The highest BCUT2D eigenvalue weighted by molar-refractivity contribution is 8.13. The lowest BCUT2D eigenvalue weighted by atomic mass is 9.99. The summed E-state index contributed by atoms with van der Waals surface area (Å²) in [5, 5.41) is 9.60. The van der Waals surface area contributed by atoms with Crippen molar-refractivity contribution in [2.75, 3.05) is 0 Å². The van der Waals surface area contributed by atoms with E-state index in [0.29, 0.717) is 5.56 Å². The summed E-state index contributed by atoms with van der Waals surface area (Å²) in [5.74, 6) is 0. The first-order chi connectivity index (χ1) is 6.21. The second kappa shape index (κ2) is 3.53. The van der Waals surface area contributed by atoms with Gasteiger partial charge in [0.05, 0.1) is 10.5 Å². The van der Waals surface area contributed by atoms with Crippen molar-refractivity contribution in [3.8, 4) is 0 Å². The van der Waals surface area contributed by atoms with E-state index in [-0.39, 0.29) is 4.90 Å². The lowest BCUT2D eigenvalue weighted by Crippen LogP contribution is -2.15. The van der Waals surface area contributed by atoms with Gasteiger partial charge in [-0.25, -0.2) is 8.42 Å². The lowest BCUT2D eigenvalue weighted by Gasteiger charge is -2.17. The van der Waals surface area contributed by atoms with Crippen LogP contribution < -0.4 is 0 Å². The van der Waals surface area contributed by atoms with Crippen molar-refractivity contribution in [3.05, 3.63) is 29.8 Å². The molecule has 0 radical (unpaired) electrons. The first kappa shape index (κ1) is 11.5. The summed E-state index contributed by atoms with van der Waals surface area (Å²) in [6.45, 7) is 3.24. The van der Waals surface area contributed by atoms with Gasteiger partial charge in [-0.05, 0) is 31.5 Å². The molecule has 0 bridgehead atoms. The molecular formula is C9H11ClO3S. The Morgan fingerprint density at radius 2 is 1.64 bits per heavy atom. The molecule has 1 aromatic rings. The van der Waals surface area contributed by atoms with E-state index in [2.05, 4.69) is 0 Å². The molecule has 1 N–H and O–H groups in total. The van der Waals surface area contributed by atoms with Gasteiger partial charge >= 0.3 is 0 Å². The molecule has 0 saturated carbocycles. The normalized spacial score (nSPS) is 12.9. The summed E-state index contributed by atoms with van der Waals surface area (Å²) in [6.07, 6.45) is 0. The van der Waals surface area contributed by atoms with Gasteiger partial charge < -0.3 is 5.11 Å². The molecule has 0 atom stereocenters. The van der Waals surface area contributed by atoms with Gasteiger partial charge in [-0.2, -0.15) is 0 Å². The van der Waals surface area contributed by atoms with Gasteiger partial charge in [0.15, 0.2) is 0 Å². The Morgan fingerprint density at radius 1 is 1.21 bits per heavy atom. The monoisotopic (exact) mass is 234 g/mol. The van der Waals surface area contributed by atoms with Crippen LogP contribution in [0.15, 0.2) is 29.2 Å². The standard InChI is InChI=1S/C9H11ClO3S/c1-9(2,11)7-3-5-8(6-4-7)14(10,12)13/h3-6,11H,1-2H3. The zero-order chi connectivity index (χ0) is 11.0. The van der Waals surface area contributed by atoms with Crippen LogP contribution in [0.3, 0.4) is 0 Å². The molecule has 0 amide bonds. The Morgan fingerprint density at radius 3 is 1.93 bits per heavy atom. The van der Waals surface area contributed by atoms with Crippen LogP contribution in [0.4, 0.5) is 0 Å². The minimum Gasteiger partial charge on any atom is -0.386 e. The molecule has 5 heteroatoms.